The van der Waals surface area contributed by atoms with Gasteiger partial charge in [-0.15, -0.1) is 0 Å². The van der Waals surface area contributed by atoms with Crippen LogP contribution in [0.2, 0.25) is 0 Å². The molecular weight excluding hydrogens is 340 g/mol. The highest BCUT2D eigenvalue weighted by molar-refractivity contribution is 7.99. The van der Waals surface area contributed by atoms with Crippen molar-refractivity contribution in [3.63, 3.8) is 0 Å². The summed E-state index contributed by atoms with van der Waals surface area (Å²) in [7, 11) is 0. The smallest absolute Gasteiger partial charge is 0.233 e. The number of fused-ring (bicyclic) bond motifs is 1. The monoisotopic (exact) mass is 360 g/mol. The van der Waals surface area contributed by atoms with Gasteiger partial charge in [-0.3, -0.25) is 4.79 Å². The van der Waals surface area contributed by atoms with Crippen LogP contribution in [0.3, 0.4) is 0 Å². The summed E-state index contributed by atoms with van der Waals surface area (Å²) >= 11 is 1.29. The molecule has 0 atom stereocenters. The molecule has 0 aliphatic carbocycles. The van der Waals surface area contributed by atoms with E-state index in [9.17, 15) is 4.79 Å². The van der Waals surface area contributed by atoms with E-state index < -0.39 is 0 Å². The number of carbonyl (C=O) groups is 1. The summed E-state index contributed by atoms with van der Waals surface area (Å²) in [5.41, 5.74) is 7.50. The van der Waals surface area contributed by atoms with Gasteiger partial charge in [0.2, 0.25) is 12.7 Å². The lowest BCUT2D eigenvalue weighted by atomic mass is 10.2. The first kappa shape index (κ1) is 17.3. The molecule has 1 aromatic carbocycles. The third-order valence-electron chi connectivity index (χ3n) is 3.72. The number of nitrogens with two attached hydrogens (primary N) is 1. The average molecular weight is 360 g/mol. The van der Waals surface area contributed by atoms with Crippen LogP contribution in [-0.4, -0.2) is 39.9 Å². The second kappa shape index (κ2) is 7.60. The number of anilines is 1. The largest absolute Gasteiger partial charge is 0.454 e. The lowest BCUT2D eigenvalue weighted by Gasteiger charge is -2.21. The Morgan fingerprint density at radius 3 is 2.84 bits per heavy atom. The summed E-state index contributed by atoms with van der Waals surface area (Å²) in [4.78, 5) is 22.7. The SMILES string of the molecule is CCN(Cc1ccc2c(c1)OCO2)C(=O)CSc1nc(C)cc(N)n1. The van der Waals surface area contributed by atoms with E-state index in [1.54, 1.807) is 11.0 Å². The topological polar surface area (TPSA) is 90.6 Å². The van der Waals surface area contributed by atoms with E-state index in [4.69, 9.17) is 15.2 Å². The first-order valence-electron chi connectivity index (χ1n) is 7.95. The van der Waals surface area contributed by atoms with Crippen LogP contribution in [0.15, 0.2) is 29.4 Å². The van der Waals surface area contributed by atoms with Crippen LogP contribution in [0.4, 0.5) is 5.82 Å². The predicted molar refractivity (Wildman–Crippen MR) is 95.6 cm³/mol. The first-order valence-corrected chi connectivity index (χ1v) is 8.94. The second-order valence-corrected chi connectivity index (χ2v) is 6.54. The van der Waals surface area contributed by atoms with Crippen LogP contribution in [0.25, 0.3) is 0 Å². The van der Waals surface area contributed by atoms with E-state index >= 15 is 0 Å². The zero-order chi connectivity index (χ0) is 17.8. The van der Waals surface area contributed by atoms with E-state index in [1.165, 1.54) is 11.8 Å². The number of carbonyl (C=O) groups excluding carboxylic acids is 1. The summed E-state index contributed by atoms with van der Waals surface area (Å²) in [6.07, 6.45) is 0. The van der Waals surface area contributed by atoms with Crippen LogP contribution in [-0.2, 0) is 11.3 Å². The third-order valence-corrected chi connectivity index (χ3v) is 4.56. The lowest BCUT2D eigenvalue weighted by molar-refractivity contribution is -0.128. The second-order valence-electron chi connectivity index (χ2n) is 5.60. The fraction of sp³-hybridized carbons (Fsp3) is 0.353. The molecule has 0 unspecified atom stereocenters. The Morgan fingerprint density at radius 2 is 2.08 bits per heavy atom. The number of hydrogen-bond donors (Lipinski definition) is 1. The molecule has 25 heavy (non-hydrogen) atoms. The molecule has 0 radical (unpaired) electrons. The van der Waals surface area contributed by atoms with E-state index in [2.05, 4.69) is 9.97 Å². The highest BCUT2D eigenvalue weighted by Crippen LogP contribution is 2.32. The molecule has 1 aliphatic rings. The molecule has 8 heteroatoms. The standard InChI is InChI=1S/C17H20N4O3S/c1-3-21(8-12-4-5-13-14(7-12)24-10-23-13)16(22)9-25-17-19-11(2)6-15(18)20-17/h4-7H,3,8-10H2,1-2H3,(H2,18,19,20). The van der Waals surface area contributed by atoms with Crippen molar-refractivity contribution in [2.75, 3.05) is 24.8 Å². The van der Waals surface area contributed by atoms with Gasteiger partial charge < -0.3 is 20.1 Å². The van der Waals surface area contributed by atoms with Gasteiger partial charge in [-0.2, -0.15) is 0 Å². The lowest BCUT2D eigenvalue weighted by Crippen LogP contribution is -2.31. The Morgan fingerprint density at radius 1 is 1.28 bits per heavy atom. The number of thioether (sulfide) groups is 1. The molecule has 2 N–H and O–H groups in total. The summed E-state index contributed by atoms with van der Waals surface area (Å²) in [6.45, 7) is 5.18. The van der Waals surface area contributed by atoms with Crippen molar-refractivity contribution < 1.29 is 14.3 Å². The number of aryl methyl sites for hydroxylation is 1. The maximum atomic E-state index is 12.5. The Balaban J connectivity index is 1.61. The van der Waals surface area contributed by atoms with Crippen molar-refractivity contribution in [3.05, 3.63) is 35.5 Å². The first-order chi connectivity index (χ1) is 12.0. The van der Waals surface area contributed by atoms with Gasteiger partial charge in [-0.25, -0.2) is 9.97 Å². The molecule has 3 rings (SSSR count). The maximum absolute atomic E-state index is 12.5. The van der Waals surface area contributed by atoms with Crippen LogP contribution >= 0.6 is 11.8 Å². The van der Waals surface area contributed by atoms with Crippen LogP contribution < -0.4 is 15.2 Å². The molecular formula is C17H20N4O3S. The number of amides is 1. The number of ether oxygens (including phenoxy) is 2. The Bertz CT molecular complexity index is 764. The summed E-state index contributed by atoms with van der Waals surface area (Å²) in [5, 5.41) is 0.519. The zero-order valence-electron chi connectivity index (χ0n) is 14.2. The number of nitrogen functional groups attached to an aromatic ring is 1. The summed E-state index contributed by atoms with van der Waals surface area (Å²) < 4.78 is 10.7. The van der Waals surface area contributed by atoms with E-state index in [1.807, 2.05) is 32.0 Å². The molecule has 1 aliphatic heterocycles. The quantitative estimate of drug-likeness (QED) is 0.624. The number of nitrogens with zero attached hydrogens (tertiary/aromatic N) is 3. The van der Waals surface area contributed by atoms with Gasteiger partial charge in [0.25, 0.3) is 0 Å². The molecule has 1 amide bonds. The number of benzene rings is 1. The molecule has 0 saturated heterocycles. The Labute approximate surface area is 150 Å². The van der Waals surface area contributed by atoms with Crippen molar-refractivity contribution in [2.45, 2.75) is 25.5 Å². The summed E-state index contributed by atoms with van der Waals surface area (Å²) in [5.74, 6) is 2.16. The maximum Gasteiger partial charge on any atom is 0.233 e. The minimum absolute atomic E-state index is 0.0221. The van der Waals surface area contributed by atoms with Crippen molar-refractivity contribution in [1.29, 1.82) is 0 Å². The zero-order valence-corrected chi connectivity index (χ0v) is 15.0. The van der Waals surface area contributed by atoms with Gasteiger partial charge >= 0.3 is 0 Å². The normalized spacial score (nSPS) is 12.2. The van der Waals surface area contributed by atoms with Gasteiger partial charge in [0.05, 0.1) is 5.75 Å². The third kappa shape index (κ3) is 4.33. The van der Waals surface area contributed by atoms with E-state index in [0.29, 0.717) is 24.1 Å². The van der Waals surface area contributed by atoms with E-state index in [-0.39, 0.29) is 18.5 Å². The Kier molecular flexibility index (Phi) is 5.28. The van der Waals surface area contributed by atoms with Crippen molar-refractivity contribution in [3.8, 4) is 11.5 Å². The van der Waals surface area contributed by atoms with Gasteiger partial charge in [0.1, 0.15) is 5.82 Å². The number of aromatic nitrogens is 2. The molecule has 1 aromatic heterocycles. The van der Waals surface area contributed by atoms with Crippen molar-refractivity contribution in [2.24, 2.45) is 0 Å². The van der Waals surface area contributed by atoms with Crippen molar-refractivity contribution in [1.82, 2.24) is 14.9 Å². The molecule has 2 heterocycles. The highest BCUT2D eigenvalue weighted by Gasteiger charge is 2.17. The molecule has 7 nitrogen and oxygen atoms in total. The van der Waals surface area contributed by atoms with Gasteiger partial charge in [0, 0.05) is 24.8 Å². The molecule has 132 valence electrons. The fourth-order valence-corrected chi connectivity index (χ4v) is 3.30. The molecule has 0 fully saturated rings. The van der Waals surface area contributed by atoms with Crippen LogP contribution in [0, 0.1) is 6.92 Å². The molecule has 0 bridgehead atoms. The molecule has 2 aromatic rings. The van der Waals surface area contributed by atoms with Gasteiger partial charge in [0.15, 0.2) is 16.7 Å². The highest BCUT2D eigenvalue weighted by atomic mass is 32.2. The predicted octanol–water partition coefficient (Wildman–Crippen LogP) is 2.24. The molecule has 0 saturated carbocycles. The van der Waals surface area contributed by atoms with Crippen molar-refractivity contribution >= 4 is 23.5 Å². The van der Waals surface area contributed by atoms with Crippen LogP contribution in [0.5, 0.6) is 11.5 Å². The van der Waals surface area contributed by atoms with Crippen LogP contribution in [0.1, 0.15) is 18.2 Å². The number of rotatable bonds is 6. The minimum Gasteiger partial charge on any atom is -0.454 e. The molecule has 0 spiro atoms. The average Bonchev–Trinajstić information content (AvgIpc) is 3.04. The summed E-state index contributed by atoms with van der Waals surface area (Å²) in [6, 6.07) is 7.43. The number of hydrogen-bond acceptors (Lipinski definition) is 7. The minimum atomic E-state index is 0.0221. The fourth-order valence-electron chi connectivity index (χ4n) is 2.48. The van der Waals surface area contributed by atoms with Gasteiger partial charge in [-0.05, 0) is 31.5 Å². The Hall–Kier alpha value is -2.48. The van der Waals surface area contributed by atoms with Gasteiger partial charge in [-0.1, -0.05) is 17.8 Å². The van der Waals surface area contributed by atoms with E-state index in [0.717, 1.165) is 22.8 Å².